The molecule has 0 unspecified atom stereocenters. The Hall–Kier alpha value is -0.770. The minimum Gasteiger partial charge on any atom is -0.495 e. The van der Waals surface area contributed by atoms with Crippen LogP contribution in [0.1, 0.15) is 11.1 Å². The number of nitrogens with two attached hydrogens (primary N) is 1. The van der Waals surface area contributed by atoms with Gasteiger partial charge in [-0.15, -0.1) is 0 Å². The first-order chi connectivity index (χ1) is 7.24. The Morgan fingerprint density at radius 3 is 2.60 bits per heavy atom. The zero-order chi connectivity index (χ0) is 11.3. The van der Waals surface area contributed by atoms with E-state index in [2.05, 4.69) is 0 Å². The molecule has 2 N–H and O–H groups in total. The molecular formula is C11H16ClNO2. The number of rotatable bonds is 5. The van der Waals surface area contributed by atoms with Gasteiger partial charge < -0.3 is 15.2 Å². The topological polar surface area (TPSA) is 44.5 Å². The van der Waals surface area contributed by atoms with Gasteiger partial charge in [0.2, 0.25) is 0 Å². The number of ether oxygens (including phenoxy) is 2. The quantitative estimate of drug-likeness (QED) is 0.840. The Kier molecular flexibility index (Phi) is 4.88. The summed E-state index contributed by atoms with van der Waals surface area (Å²) in [5.41, 5.74) is 7.67. The third-order valence-electron chi connectivity index (χ3n) is 2.21. The molecule has 15 heavy (non-hydrogen) atoms. The van der Waals surface area contributed by atoms with Crippen LogP contribution in [0.5, 0.6) is 5.75 Å². The van der Waals surface area contributed by atoms with Crippen molar-refractivity contribution in [2.45, 2.75) is 13.0 Å². The third-order valence-corrected chi connectivity index (χ3v) is 2.51. The lowest BCUT2D eigenvalue weighted by atomic mass is 10.0. The Morgan fingerprint density at radius 1 is 1.33 bits per heavy atom. The lowest BCUT2D eigenvalue weighted by Crippen LogP contribution is -2.08. The van der Waals surface area contributed by atoms with Gasteiger partial charge >= 0.3 is 0 Å². The van der Waals surface area contributed by atoms with E-state index in [9.17, 15) is 0 Å². The zero-order valence-corrected chi connectivity index (χ0v) is 9.80. The summed E-state index contributed by atoms with van der Waals surface area (Å²) in [7, 11) is 3.27. The maximum absolute atomic E-state index is 6.03. The van der Waals surface area contributed by atoms with E-state index in [1.165, 1.54) is 0 Å². The summed E-state index contributed by atoms with van der Waals surface area (Å²) in [5.74, 6) is 0.705. The van der Waals surface area contributed by atoms with E-state index in [0.717, 1.165) is 17.5 Å². The first-order valence-corrected chi connectivity index (χ1v) is 5.15. The molecule has 0 radical (unpaired) electrons. The molecule has 1 aromatic carbocycles. The smallest absolute Gasteiger partial charge is 0.141 e. The molecule has 4 heteroatoms. The van der Waals surface area contributed by atoms with Crippen LogP contribution in [0.3, 0.4) is 0 Å². The monoisotopic (exact) mass is 229 g/mol. The molecule has 0 saturated heterocycles. The summed E-state index contributed by atoms with van der Waals surface area (Å²) in [6, 6.07) is 3.76. The SMILES string of the molecule is COCc1ccc(Cl)c(OC)c1CCN. The molecule has 84 valence electrons. The second-order valence-electron chi connectivity index (χ2n) is 3.19. The Bertz CT molecular complexity index is 329. The lowest BCUT2D eigenvalue weighted by Gasteiger charge is -2.14. The van der Waals surface area contributed by atoms with Gasteiger partial charge in [-0.25, -0.2) is 0 Å². The van der Waals surface area contributed by atoms with E-state index in [1.54, 1.807) is 14.2 Å². The maximum atomic E-state index is 6.03. The van der Waals surface area contributed by atoms with Crippen LogP contribution in [0.2, 0.25) is 5.02 Å². The minimum absolute atomic E-state index is 0.545. The van der Waals surface area contributed by atoms with Gasteiger partial charge in [0.05, 0.1) is 18.7 Å². The molecule has 1 aromatic rings. The van der Waals surface area contributed by atoms with E-state index < -0.39 is 0 Å². The summed E-state index contributed by atoms with van der Waals surface area (Å²) >= 11 is 6.03. The summed E-state index contributed by atoms with van der Waals surface area (Å²) < 4.78 is 10.4. The van der Waals surface area contributed by atoms with Gasteiger partial charge in [0.25, 0.3) is 0 Å². The Balaban J connectivity index is 3.15. The normalized spacial score (nSPS) is 10.4. The van der Waals surface area contributed by atoms with E-state index in [4.69, 9.17) is 26.8 Å². The van der Waals surface area contributed by atoms with Crippen LogP contribution in [0.4, 0.5) is 0 Å². The van der Waals surface area contributed by atoms with Crippen LogP contribution in [0.15, 0.2) is 12.1 Å². The van der Waals surface area contributed by atoms with Crippen LogP contribution in [-0.2, 0) is 17.8 Å². The molecule has 0 aliphatic carbocycles. The molecule has 1 rings (SSSR count). The summed E-state index contributed by atoms with van der Waals surface area (Å²) in [4.78, 5) is 0. The van der Waals surface area contributed by atoms with Crippen molar-refractivity contribution in [3.05, 3.63) is 28.3 Å². The van der Waals surface area contributed by atoms with Crippen molar-refractivity contribution in [2.24, 2.45) is 5.73 Å². The Morgan fingerprint density at radius 2 is 2.07 bits per heavy atom. The summed E-state index contributed by atoms with van der Waals surface area (Å²) in [6.07, 6.45) is 0.739. The molecule has 0 atom stereocenters. The number of halogens is 1. The number of methoxy groups -OCH3 is 2. The van der Waals surface area contributed by atoms with Gasteiger partial charge in [-0.05, 0) is 24.6 Å². The van der Waals surface area contributed by atoms with Crippen molar-refractivity contribution in [1.29, 1.82) is 0 Å². The van der Waals surface area contributed by atoms with Crippen LogP contribution in [-0.4, -0.2) is 20.8 Å². The Labute approximate surface area is 95.1 Å². The number of hydrogen-bond donors (Lipinski definition) is 1. The van der Waals surface area contributed by atoms with Gasteiger partial charge in [0.15, 0.2) is 0 Å². The first-order valence-electron chi connectivity index (χ1n) is 4.77. The molecule has 0 heterocycles. The predicted molar refractivity (Wildman–Crippen MR) is 61.5 cm³/mol. The van der Waals surface area contributed by atoms with Crippen molar-refractivity contribution in [1.82, 2.24) is 0 Å². The van der Waals surface area contributed by atoms with Crippen molar-refractivity contribution >= 4 is 11.6 Å². The van der Waals surface area contributed by atoms with Gasteiger partial charge in [-0.2, -0.15) is 0 Å². The summed E-state index contributed by atoms with van der Waals surface area (Å²) in [6.45, 7) is 1.11. The molecule has 0 fully saturated rings. The van der Waals surface area contributed by atoms with Gasteiger partial charge in [-0.3, -0.25) is 0 Å². The lowest BCUT2D eigenvalue weighted by molar-refractivity contribution is 0.183. The second-order valence-corrected chi connectivity index (χ2v) is 3.60. The van der Waals surface area contributed by atoms with Crippen LogP contribution >= 0.6 is 11.6 Å². The predicted octanol–water partition coefficient (Wildman–Crippen LogP) is 2.00. The van der Waals surface area contributed by atoms with Crippen molar-refractivity contribution in [3.8, 4) is 5.75 Å². The molecule has 0 bridgehead atoms. The van der Waals surface area contributed by atoms with Crippen LogP contribution in [0, 0.1) is 0 Å². The highest BCUT2D eigenvalue weighted by molar-refractivity contribution is 6.32. The molecular weight excluding hydrogens is 214 g/mol. The van der Waals surface area contributed by atoms with Crippen molar-refractivity contribution in [3.63, 3.8) is 0 Å². The van der Waals surface area contributed by atoms with E-state index in [0.29, 0.717) is 23.9 Å². The maximum Gasteiger partial charge on any atom is 0.141 e. The van der Waals surface area contributed by atoms with Crippen molar-refractivity contribution < 1.29 is 9.47 Å². The average molecular weight is 230 g/mol. The van der Waals surface area contributed by atoms with Gasteiger partial charge in [0.1, 0.15) is 5.75 Å². The largest absolute Gasteiger partial charge is 0.495 e. The fourth-order valence-electron chi connectivity index (χ4n) is 1.57. The van der Waals surface area contributed by atoms with Crippen molar-refractivity contribution in [2.75, 3.05) is 20.8 Å². The van der Waals surface area contributed by atoms with E-state index in [-0.39, 0.29) is 0 Å². The minimum atomic E-state index is 0.545. The highest BCUT2D eigenvalue weighted by atomic mass is 35.5. The van der Waals surface area contributed by atoms with Crippen LogP contribution in [0.25, 0.3) is 0 Å². The average Bonchev–Trinajstić information content (AvgIpc) is 2.23. The fraction of sp³-hybridized carbons (Fsp3) is 0.455. The molecule has 0 spiro atoms. The molecule has 0 aromatic heterocycles. The number of hydrogen-bond acceptors (Lipinski definition) is 3. The second kappa shape index (κ2) is 5.95. The van der Waals surface area contributed by atoms with E-state index in [1.807, 2.05) is 12.1 Å². The van der Waals surface area contributed by atoms with Gasteiger partial charge in [0, 0.05) is 12.7 Å². The highest BCUT2D eigenvalue weighted by Gasteiger charge is 2.12. The molecule has 0 saturated carbocycles. The third kappa shape index (κ3) is 2.84. The standard InChI is InChI=1S/C11H16ClNO2/c1-14-7-8-3-4-10(12)11(15-2)9(8)5-6-13/h3-4H,5-7,13H2,1-2H3. The van der Waals surface area contributed by atoms with Gasteiger partial charge in [-0.1, -0.05) is 17.7 Å². The molecule has 0 aliphatic rings. The molecule has 3 nitrogen and oxygen atoms in total. The molecule has 0 aliphatic heterocycles. The number of benzene rings is 1. The van der Waals surface area contributed by atoms with Crippen LogP contribution < -0.4 is 10.5 Å². The fourth-order valence-corrected chi connectivity index (χ4v) is 1.82. The summed E-state index contributed by atoms with van der Waals surface area (Å²) in [5, 5.41) is 0.612. The first kappa shape index (κ1) is 12.3. The zero-order valence-electron chi connectivity index (χ0n) is 9.05. The highest BCUT2D eigenvalue weighted by Crippen LogP contribution is 2.31. The molecule has 0 amide bonds. The van der Waals surface area contributed by atoms with E-state index >= 15 is 0 Å².